The van der Waals surface area contributed by atoms with E-state index in [0.29, 0.717) is 17.5 Å². The molecule has 196 valence electrons. The van der Waals surface area contributed by atoms with E-state index in [9.17, 15) is 23.2 Å². The maximum Gasteiger partial charge on any atom is 0.404 e. The molecule has 0 radical (unpaired) electrons. The highest BCUT2D eigenvalue weighted by molar-refractivity contribution is 6.01. The van der Waals surface area contributed by atoms with E-state index in [0.717, 1.165) is 17.2 Å². The molecule has 2 aromatic heterocycles. The normalized spacial score (nSPS) is 10.7. The lowest BCUT2D eigenvalue weighted by Crippen LogP contribution is -2.35. The van der Waals surface area contributed by atoms with Crippen LogP contribution in [0.5, 0.6) is 11.6 Å². The Morgan fingerprint density at radius 1 is 1.11 bits per heavy atom. The smallest absolute Gasteiger partial charge is 0.404 e. The summed E-state index contributed by atoms with van der Waals surface area (Å²) in [4.78, 5) is 39.0. The number of hydrogen-bond acceptors (Lipinski definition) is 6. The van der Waals surface area contributed by atoms with Gasteiger partial charge in [0.1, 0.15) is 17.7 Å². The number of amides is 4. The number of halogens is 2. The number of benzene rings is 2. The number of aromatic nitrogens is 3. The first-order valence-electron chi connectivity index (χ1n) is 11.3. The predicted octanol–water partition coefficient (Wildman–Crippen LogP) is 3.81. The van der Waals surface area contributed by atoms with Gasteiger partial charge in [0.05, 0.1) is 6.42 Å². The van der Waals surface area contributed by atoms with Gasteiger partial charge >= 0.3 is 12.1 Å². The molecule has 4 N–H and O–H groups in total. The zero-order valence-electron chi connectivity index (χ0n) is 20.0. The number of nitrogens with one attached hydrogen (secondary N) is 3. The van der Waals surface area contributed by atoms with E-state index in [4.69, 9.17) is 9.84 Å². The van der Waals surface area contributed by atoms with Crippen molar-refractivity contribution in [2.24, 2.45) is 0 Å². The SMILES string of the molecule is Cc1c(CCNC(=O)O)cn2ncnc(Oc3ccc(NC(=O)NC(=O)Cc4ccc(F)cc4)cc3F)c12. The number of hydrogen-bond donors (Lipinski definition) is 4. The average Bonchev–Trinajstić information content (AvgIpc) is 3.18. The van der Waals surface area contributed by atoms with E-state index in [1.54, 1.807) is 13.1 Å². The van der Waals surface area contributed by atoms with Gasteiger partial charge in [-0.2, -0.15) is 10.1 Å². The van der Waals surface area contributed by atoms with Crippen LogP contribution in [0.3, 0.4) is 0 Å². The Labute approximate surface area is 214 Å². The average molecular weight is 524 g/mol. The number of urea groups is 1. The van der Waals surface area contributed by atoms with Crippen molar-refractivity contribution in [3.63, 3.8) is 0 Å². The molecule has 38 heavy (non-hydrogen) atoms. The van der Waals surface area contributed by atoms with Gasteiger partial charge in [-0.15, -0.1) is 0 Å². The van der Waals surface area contributed by atoms with Gasteiger partial charge in [0.15, 0.2) is 11.6 Å². The van der Waals surface area contributed by atoms with Crippen molar-refractivity contribution in [3.05, 3.63) is 83.3 Å². The fourth-order valence-corrected chi connectivity index (χ4v) is 3.69. The van der Waals surface area contributed by atoms with Crippen LogP contribution in [-0.4, -0.2) is 44.3 Å². The number of rotatable bonds is 8. The minimum absolute atomic E-state index is 0.0712. The molecule has 4 amide bonds. The summed E-state index contributed by atoms with van der Waals surface area (Å²) < 4.78 is 35.0. The maximum atomic E-state index is 14.8. The fourth-order valence-electron chi connectivity index (χ4n) is 3.69. The lowest BCUT2D eigenvalue weighted by atomic mass is 10.1. The van der Waals surface area contributed by atoms with Crippen LogP contribution < -0.4 is 20.7 Å². The van der Waals surface area contributed by atoms with E-state index in [1.807, 2.05) is 0 Å². The number of nitrogens with zero attached hydrogens (tertiary/aromatic N) is 3. The Bertz CT molecular complexity index is 1510. The number of carbonyl (C=O) groups is 3. The summed E-state index contributed by atoms with van der Waals surface area (Å²) in [5.41, 5.74) is 2.63. The van der Waals surface area contributed by atoms with Crippen LogP contribution in [0.1, 0.15) is 16.7 Å². The van der Waals surface area contributed by atoms with E-state index in [1.165, 1.54) is 47.2 Å². The van der Waals surface area contributed by atoms with Crippen LogP contribution in [0.25, 0.3) is 5.52 Å². The monoisotopic (exact) mass is 524 g/mol. The molecule has 0 aliphatic heterocycles. The second-order valence-electron chi connectivity index (χ2n) is 8.17. The van der Waals surface area contributed by atoms with Crippen molar-refractivity contribution in [3.8, 4) is 11.6 Å². The number of ether oxygens (including phenoxy) is 1. The standard InChI is InChI=1S/C25H22F2N6O5/c1-14-16(8-9-28-25(36)37)12-33-22(14)23(29-13-30-33)38-20-7-6-18(11-19(20)27)31-24(35)32-21(34)10-15-2-4-17(26)5-3-15/h2-7,11-13,28H,8-10H2,1H3,(H,36,37)(H2,31,32,34,35). The Balaban J connectivity index is 1.41. The Morgan fingerprint density at radius 3 is 2.58 bits per heavy atom. The van der Waals surface area contributed by atoms with Crippen molar-refractivity contribution in [1.29, 1.82) is 0 Å². The molecule has 0 unspecified atom stereocenters. The summed E-state index contributed by atoms with van der Waals surface area (Å²) >= 11 is 0. The lowest BCUT2D eigenvalue weighted by molar-refractivity contribution is -0.119. The van der Waals surface area contributed by atoms with Gasteiger partial charge in [-0.05, 0) is 54.3 Å². The largest absolute Gasteiger partial charge is 0.465 e. The number of imide groups is 1. The molecular weight excluding hydrogens is 502 g/mol. The first-order valence-corrected chi connectivity index (χ1v) is 11.3. The van der Waals surface area contributed by atoms with Gasteiger partial charge < -0.3 is 20.5 Å². The Morgan fingerprint density at radius 2 is 1.87 bits per heavy atom. The molecular formula is C25H22F2N6O5. The third-order valence-electron chi connectivity index (χ3n) is 5.50. The fraction of sp³-hybridized carbons (Fsp3) is 0.160. The molecule has 0 saturated heterocycles. The minimum Gasteiger partial charge on any atom is -0.465 e. The third kappa shape index (κ3) is 6.37. The molecule has 0 spiro atoms. The molecule has 0 fully saturated rings. The lowest BCUT2D eigenvalue weighted by Gasteiger charge is -2.10. The Hall–Kier alpha value is -5.07. The highest BCUT2D eigenvalue weighted by Crippen LogP contribution is 2.31. The number of carboxylic acid groups (broad SMARTS) is 1. The second kappa shape index (κ2) is 11.3. The van der Waals surface area contributed by atoms with E-state index >= 15 is 0 Å². The summed E-state index contributed by atoms with van der Waals surface area (Å²) in [5, 5.41) is 19.7. The number of carbonyl (C=O) groups excluding carboxylic acids is 2. The van der Waals surface area contributed by atoms with E-state index < -0.39 is 29.7 Å². The van der Waals surface area contributed by atoms with Crippen molar-refractivity contribution in [2.45, 2.75) is 19.8 Å². The zero-order valence-corrected chi connectivity index (χ0v) is 20.0. The maximum absolute atomic E-state index is 14.8. The molecule has 2 heterocycles. The quantitative estimate of drug-likeness (QED) is 0.274. The summed E-state index contributed by atoms with van der Waals surface area (Å²) in [6, 6.07) is 8.10. The summed E-state index contributed by atoms with van der Waals surface area (Å²) in [6.07, 6.45) is 2.09. The minimum atomic E-state index is -1.13. The van der Waals surface area contributed by atoms with Crippen molar-refractivity contribution < 1.29 is 33.0 Å². The van der Waals surface area contributed by atoms with Crippen LogP contribution in [0.15, 0.2) is 55.0 Å². The van der Waals surface area contributed by atoms with E-state index in [2.05, 4.69) is 26.0 Å². The van der Waals surface area contributed by atoms with E-state index in [-0.39, 0.29) is 30.3 Å². The molecule has 0 bridgehead atoms. The summed E-state index contributed by atoms with van der Waals surface area (Å²) in [7, 11) is 0. The van der Waals surface area contributed by atoms with Gasteiger partial charge in [0, 0.05) is 24.5 Å². The molecule has 0 aliphatic carbocycles. The molecule has 4 aromatic rings. The van der Waals surface area contributed by atoms with Gasteiger partial charge in [0.25, 0.3) is 0 Å². The van der Waals surface area contributed by atoms with Crippen LogP contribution >= 0.6 is 0 Å². The topological polar surface area (TPSA) is 147 Å². The zero-order chi connectivity index (χ0) is 27.2. The highest BCUT2D eigenvalue weighted by atomic mass is 19.1. The van der Waals surface area contributed by atoms with Gasteiger partial charge in [-0.1, -0.05) is 12.1 Å². The van der Waals surface area contributed by atoms with Crippen LogP contribution in [0, 0.1) is 18.6 Å². The van der Waals surface area contributed by atoms with Crippen LogP contribution in [-0.2, 0) is 17.6 Å². The second-order valence-corrected chi connectivity index (χ2v) is 8.17. The van der Waals surface area contributed by atoms with Gasteiger partial charge in [-0.3, -0.25) is 10.1 Å². The van der Waals surface area contributed by atoms with Crippen LogP contribution in [0.2, 0.25) is 0 Å². The summed E-state index contributed by atoms with van der Waals surface area (Å²) in [5.74, 6) is -1.95. The molecule has 4 rings (SSSR count). The van der Waals surface area contributed by atoms with Crippen molar-refractivity contribution in [2.75, 3.05) is 11.9 Å². The Kier molecular flexibility index (Phi) is 7.75. The molecule has 0 atom stereocenters. The number of anilines is 1. The predicted molar refractivity (Wildman–Crippen MR) is 131 cm³/mol. The molecule has 11 nitrogen and oxygen atoms in total. The van der Waals surface area contributed by atoms with Gasteiger partial charge in [0.2, 0.25) is 11.8 Å². The first-order chi connectivity index (χ1) is 18.2. The first kappa shape index (κ1) is 26.0. The van der Waals surface area contributed by atoms with Crippen molar-refractivity contribution in [1.82, 2.24) is 25.2 Å². The molecule has 0 saturated carbocycles. The molecule has 13 heteroatoms. The molecule has 2 aromatic carbocycles. The highest BCUT2D eigenvalue weighted by Gasteiger charge is 2.17. The van der Waals surface area contributed by atoms with Crippen molar-refractivity contribution >= 4 is 29.2 Å². The molecule has 0 aliphatic rings. The van der Waals surface area contributed by atoms with Crippen LogP contribution in [0.4, 0.5) is 24.1 Å². The third-order valence-corrected chi connectivity index (χ3v) is 5.50. The number of fused-ring (bicyclic) bond motifs is 1. The van der Waals surface area contributed by atoms with Gasteiger partial charge in [-0.25, -0.2) is 22.9 Å². The number of aryl methyl sites for hydroxylation is 1. The summed E-state index contributed by atoms with van der Waals surface area (Å²) in [6.45, 7) is 1.99.